The number of hydrogen-bond acceptors (Lipinski definition) is 10. The van der Waals surface area contributed by atoms with Gasteiger partial charge in [0.05, 0.1) is 20.8 Å². The molecule has 1 aromatic heterocycles. The summed E-state index contributed by atoms with van der Waals surface area (Å²) in [7, 11) is 2.30. The zero-order valence-electron chi connectivity index (χ0n) is 24.3. The van der Waals surface area contributed by atoms with E-state index in [1.807, 2.05) is 0 Å². The van der Waals surface area contributed by atoms with Gasteiger partial charge in [-0.15, -0.1) is 5.10 Å². The Kier molecular flexibility index (Phi) is 9.49. The number of carbonyl (C=O) groups excluding carboxylic acids is 4. The van der Waals surface area contributed by atoms with E-state index in [1.54, 1.807) is 34.6 Å². The molecule has 0 saturated carbocycles. The number of amides is 4. The zero-order valence-corrected chi connectivity index (χ0v) is 24.3. The van der Waals surface area contributed by atoms with Crippen LogP contribution in [0.25, 0.3) is 5.69 Å². The molecule has 4 atom stereocenters. The number of aromatic nitrogens is 2. The number of benzene rings is 1. The number of imide groups is 2. The van der Waals surface area contributed by atoms with E-state index in [9.17, 15) is 28.4 Å². The fourth-order valence-electron chi connectivity index (χ4n) is 5.14. The molecule has 0 bridgehead atoms. The van der Waals surface area contributed by atoms with Crippen LogP contribution in [-0.4, -0.2) is 81.9 Å². The molecule has 1 aliphatic heterocycles. The molecule has 0 aliphatic carbocycles. The van der Waals surface area contributed by atoms with Gasteiger partial charge < -0.3 is 19.6 Å². The van der Waals surface area contributed by atoms with Crippen LogP contribution in [0.5, 0.6) is 5.75 Å². The molecule has 1 aliphatic rings. The number of methoxy groups -OCH3 is 2. The Labute approximate surface area is 236 Å². The minimum atomic E-state index is -1.57. The maximum Gasteiger partial charge on any atom is 0.442 e. The monoisotopic (exact) mass is 578 g/mol. The van der Waals surface area contributed by atoms with Crippen molar-refractivity contribution in [1.82, 2.24) is 14.7 Å². The molecule has 1 aromatic carbocycles. The molecule has 41 heavy (non-hydrogen) atoms. The number of nitrogens with two attached hydrogens (primary N) is 1. The van der Waals surface area contributed by atoms with Crippen LogP contribution in [0.15, 0.2) is 27.4 Å². The molecule has 1 unspecified atom stereocenters. The maximum absolute atomic E-state index is 14.3. The minimum Gasteiger partial charge on any atom is -0.494 e. The molecule has 14 heteroatoms. The summed E-state index contributed by atoms with van der Waals surface area (Å²) in [4.78, 5) is 68.4. The van der Waals surface area contributed by atoms with Crippen LogP contribution < -0.4 is 16.2 Å². The summed E-state index contributed by atoms with van der Waals surface area (Å²) in [5.41, 5.74) is 6.21. The number of nitrogens with zero attached hydrogens (tertiary/aromatic N) is 4. The molecular weight excluding hydrogens is 541 g/mol. The third-order valence-corrected chi connectivity index (χ3v) is 7.51. The number of halogens is 1. The van der Waals surface area contributed by atoms with E-state index in [0.717, 1.165) is 19.2 Å². The van der Waals surface area contributed by atoms with Crippen molar-refractivity contribution in [2.75, 3.05) is 20.8 Å². The number of ether oxygens (including phenoxy) is 2. The number of likely N-dealkylation sites (tertiary alicyclic amines) is 1. The fraction of sp³-hybridized carbons (Fsp3) is 0.556. The van der Waals surface area contributed by atoms with E-state index in [4.69, 9.17) is 19.6 Å². The molecule has 2 aromatic rings. The Bertz CT molecular complexity index is 1390. The van der Waals surface area contributed by atoms with Gasteiger partial charge in [-0.05, 0) is 30.9 Å². The Morgan fingerprint density at radius 3 is 2.34 bits per heavy atom. The highest BCUT2D eigenvalue weighted by molar-refractivity contribution is 6.03. The van der Waals surface area contributed by atoms with Crippen molar-refractivity contribution in [3.63, 3.8) is 0 Å². The fourth-order valence-corrected chi connectivity index (χ4v) is 5.14. The van der Waals surface area contributed by atoms with Gasteiger partial charge in [-0.25, -0.2) is 23.6 Å². The standard InChI is InChI=1S/C27H37FN5O8/c1-14(2)20(29)24(35)33(12-8-9-16(33)5)25(36)31(26(37)40-7)21(15(3)4)22(34)23-30-32(27(38)41-23)18-11-10-17(28)13-19(18)39-6/h10-11,13-16,20-21H,8-9,12,29H2,1-7H3/q+1/t16-,20+,21+,33?/m1/s1. The lowest BCUT2D eigenvalue weighted by Crippen LogP contribution is -2.70. The van der Waals surface area contributed by atoms with Gasteiger partial charge in [-0.3, -0.25) is 4.79 Å². The lowest BCUT2D eigenvalue weighted by Gasteiger charge is -2.40. The van der Waals surface area contributed by atoms with Crippen molar-refractivity contribution < 1.29 is 41.9 Å². The Morgan fingerprint density at radius 1 is 1.17 bits per heavy atom. The first-order chi connectivity index (χ1) is 19.2. The third kappa shape index (κ3) is 5.66. The molecule has 1 saturated heterocycles. The first-order valence-electron chi connectivity index (χ1n) is 13.3. The predicted molar refractivity (Wildman–Crippen MR) is 143 cm³/mol. The Morgan fingerprint density at radius 2 is 1.83 bits per heavy atom. The molecular formula is C27H37FN5O8+. The Balaban J connectivity index is 2.14. The first-order valence-corrected chi connectivity index (χ1v) is 13.3. The predicted octanol–water partition coefficient (Wildman–Crippen LogP) is 2.88. The number of Topliss-reactive ketones (excluding diaryl/α,β-unsaturated/α-hetero) is 1. The van der Waals surface area contributed by atoms with Crippen LogP contribution in [0, 0.1) is 17.7 Å². The number of rotatable bonds is 8. The average Bonchev–Trinajstić information content (AvgIpc) is 3.52. The quantitative estimate of drug-likeness (QED) is 0.364. The van der Waals surface area contributed by atoms with E-state index < -0.39 is 69.8 Å². The van der Waals surface area contributed by atoms with E-state index in [1.165, 1.54) is 13.2 Å². The number of ketones is 1. The van der Waals surface area contributed by atoms with E-state index in [0.29, 0.717) is 22.4 Å². The normalized spacial score (nSPS) is 20.1. The minimum absolute atomic E-state index is 0.00707. The molecule has 2 heterocycles. The second-order valence-electron chi connectivity index (χ2n) is 10.8. The molecule has 13 nitrogen and oxygen atoms in total. The molecule has 3 rings (SSSR count). The third-order valence-electron chi connectivity index (χ3n) is 7.51. The van der Waals surface area contributed by atoms with E-state index in [2.05, 4.69) is 5.10 Å². The van der Waals surface area contributed by atoms with Gasteiger partial charge in [0.15, 0.2) is 0 Å². The van der Waals surface area contributed by atoms with Crippen LogP contribution >= 0.6 is 0 Å². The lowest BCUT2D eigenvalue weighted by atomic mass is 9.97. The Hall–Kier alpha value is -3.91. The summed E-state index contributed by atoms with van der Waals surface area (Å²) in [6.07, 6.45) is -0.153. The van der Waals surface area contributed by atoms with Crippen molar-refractivity contribution in [3.8, 4) is 11.4 Å². The molecule has 0 radical (unpaired) electrons. The van der Waals surface area contributed by atoms with Gasteiger partial charge in [0, 0.05) is 18.9 Å². The van der Waals surface area contributed by atoms with Gasteiger partial charge in [0.25, 0.3) is 5.89 Å². The summed E-state index contributed by atoms with van der Waals surface area (Å²) in [6.45, 7) is 8.44. The molecule has 0 spiro atoms. The van der Waals surface area contributed by atoms with Crippen LogP contribution in [0.1, 0.15) is 58.1 Å². The first kappa shape index (κ1) is 31.6. The summed E-state index contributed by atoms with van der Waals surface area (Å²) in [5.74, 6) is -5.08. The van der Waals surface area contributed by atoms with Crippen LogP contribution in [-0.2, 0) is 9.53 Å². The summed E-state index contributed by atoms with van der Waals surface area (Å²) in [5, 5.41) is 3.97. The van der Waals surface area contributed by atoms with Gasteiger partial charge in [-0.2, -0.15) is 14.1 Å². The topological polar surface area (TPSA) is 164 Å². The highest BCUT2D eigenvalue weighted by Gasteiger charge is 2.59. The summed E-state index contributed by atoms with van der Waals surface area (Å²) < 4.78 is 28.8. The zero-order chi connectivity index (χ0) is 30.8. The summed E-state index contributed by atoms with van der Waals surface area (Å²) >= 11 is 0. The largest absolute Gasteiger partial charge is 0.494 e. The second-order valence-corrected chi connectivity index (χ2v) is 10.8. The highest BCUT2D eigenvalue weighted by atomic mass is 19.1. The van der Waals surface area contributed by atoms with Crippen molar-refractivity contribution in [2.45, 2.75) is 65.6 Å². The molecule has 2 N–H and O–H groups in total. The highest BCUT2D eigenvalue weighted by Crippen LogP contribution is 2.33. The van der Waals surface area contributed by atoms with Crippen LogP contribution in [0.2, 0.25) is 0 Å². The van der Waals surface area contributed by atoms with Crippen molar-refractivity contribution in [2.24, 2.45) is 17.6 Å². The van der Waals surface area contributed by atoms with Crippen LogP contribution in [0.3, 0.4) is 0 Å². The summed E-state index contributed by atoms with van der Waals surface area (Å²) in [6, 6.07) is -0.772. The maximum atomic E-state index is 14.3. The number of quaternary nitrogens is 1. The molecule has 4 amide bonds. The van der Waals surface area contributed by atoms with Gasteiger partial charge in [0.2, 0.25) is 5.78 Å². The van der Waals surface area contributed by atoms with E-state index in [-0.39, 0.29) is 23.9 Å². The SMILES string of the molecule is COC(=O)N(C(=O)[N+]1(C(=O)[C@@H](N)C(C)C)CCC[C@H]1C)[C@H](C(=O)c1nn(-c2ccc(F)cc2OC)c(=O)o1)C(C)C. The molecule has 224 valence electrons. The van der Waals surface area contributed by atoms with Crippen molar-refractivity contribution in [3.05, 3.63) is 40.5 Å². The second kappa shape index (κ2) is 12.3. The number of urea groups is 1. The van der Waals surface area contributed by atoms with Gasteiger partial charge in [-0.1, -0.05) is 27.7 Å². The van der Waals surface area contributed by atoms with Crippen molar-refractivity contribution in [1.29, 1.82) is 0 Å². The number of carbonyl (C=O) groups is 4. The van der Waals surface area contributed by atoms with Crippen molar-refractivity contribution >= 4 is 23.8 Å². The lowest BCUT2D eigenvalue weighted by molar-refractivity contribution is -0.788. The van der Waals surface area contributed by atoms with E-state index >= 15 is 0 Å². The smallest absolute Gasteiger partial charge is 0.442 e. The molecule has 1 fully saturated rings. The van der Waals surface area contributed by atoms with Gasteiger partial charge in [0.1, 0.15) is 35.4 Å². The van der Waals surface area contributed by atoms with Crippen LogP contribution in [0.4, 0.5) is 14.0 Å². The van der Waals surface area contributed by atoms with Gasteiger partial charge >= 0.3 is 23.8 Å². The number of hydrogen-bond donors (Lipinski definition) is 1. The average molecular weight is 579 g/mol.